The molecule has 0 bridgehead atoms. The molecule has 4 nitrogen and oxygen atoms in total. The van der Waals surface area contributed by atoms with Crippen molar-refractivity contribution in [2.24, 2.45) is 0 Å². The maximum atomic E-state index is 8.33. The van der Waals surface area contributed by atoms with Crippen molar-refractivity contribution in [2.75, 3.05) is 26.4 Å². The first kappa shape index (κ1) is 13.4. The zero-order valence-corrected chi connectivity index (χ0v) is 9.82. The maximum absolute atomic E-state index is 8.33. The molecule has 0 aromatic rings. The largest absolute Gasteiger partial charge is 0.379 e. The van der Waals surface area contributed by atoms with Gasteiger partial charge in [0.05, 0.1) is 19.3 Å². The smallest absolute Gasteiger partial charge is 0.157 e. The van der Waals surface area contributed by atoms with Gasteiger partial charge in [-0.25, -0.2) is 0 Å². The van der Waals surface area contributed by atoms with Crippen LogP contribution in [0.25, 0.3) is 0 Å². The van der Waals surface area contributed by atoms with Gasteiger partial charge in [-0.05, 0) is 32.1 Å². The van der Waals surface area contributed by atoms with Gasteiger partial charge in [-0.2, -0.15) is 5.26 Å². The molecule has 0 radical (unpaired) electrons. The zero-order valence-electron chi connectivity index (χ0n) is 9.82. The first-order valence-electron chi connectivity index (χ1n) is 6.11. The molecule has 0 spiro atoms. The topological polar surface area (TPSA) is 51.5 Å². The molecule has 0 amide bonds. The second-order valence-electron chi connectivity index (χ2n) is 3.89. The molecular formula is C12H21NO3. The van der Waals surface area contributed by atoms with E-state index in [9.17, 15) is 0 Å². The molecule has 1 saturated heterocycles. The standard InChI is InChI=1S/C12H21NO3/c13-7-3-1-4-8-14-10-11-16-12-6-2-5-9-15-12/h12H,1-6,8-11H2. The summed E-state index contributed by atoms with van der Waals surface area (Å²) in [5.74, 6) is 0. The van der Waals surface area contributed by atoms with Gasteiger partial charge in [-0.15, -0.1) is 0 Å². The zero-order chi connectivity index (χ0) is 11.5. The minimum Gasteiger partial charge on any atom is -0.379 e. The molecule has 0 aromatic heterocycles. The van der Waals surface area contributed by atoms with Gasteiger partial charge in [0, 0.05) is 19.6 Å². The SMILES string of the molecule is N#CCCCCOCCOC1CCCCO1. The predicted molar refractivity (Wildman–Crippen MR) is 59.8 cm³/mol. The molecule has 0 aliphatic carbocycles. The van der Waals surface area contributed by atoms with Gasteiger partial charge in [0.2, 0.25) is 0 Å². The van der Waals surface area contributed by atoms with E-state index in [-0.39, 0.29) is 6.29 Å². The lowest BCUT2D eigenvalue weighted by molar-refractivity contribution is -0.169. The molecule has 0 N–H and O–H groups in total. The van der Waals surface area contributed by atoms with Gasteiger partial charge in [0.15, 0.2) is 6.29 Å². The second kappa shape index (κ2) is 9.59. The first-order chi connectivity index (χ1) is 7.93. The van der Waals surface area contributed by atoms with Crippen LogP contribution in [0.4, 0.5) is 0 Å². The van der Waals surface area contributed by atoms with Crippen molar-refractivity contribution in [2.45, 2.75) is 44.8 Å². The Morgan fingerprint density at radius 3 is 2.88 bits per heavy atom. The lowest BCUT2D eigenvalue weighted by Gasteiger charge is -2.22. The second-order valence-corrected chi connectivity index (χ2v) is 3.89. The molecule has 0 saturated carbocycles. The van der Waals surface area contributed by atoms with Crippen LogP contribution in [0.1, 0.15) is 38.5 Å². The fourth-order valence-corrected chi connectivity index (χ4v) is 1.59. The highest BCUT2D eigenvalue weighted by molar-refractivity contribution is 4.67. The van der Waals surface area contributed by atoms with E-state index >= 15 is 0 Å². The third-order valence-electron chi connectivity index (χ3n) is 2.50. The number of hydrogen-bond acceptors (Lipinski definition) is 4. The van der Waals surface area contributed by atoms with Crippen LogP contribution in [0.15, 0.2) is 0 Å². The molecule has 1 heterocycles. The molecule has 0 aromatic carbocycles. The van der Waals surface area contributed by atoms with Gasteiger partial charge in [-0.3, -0.25) is 0 Å². The van der Waals surface area contributed by atoms with Gasteiger partial charge in [-0.1, -0.05) is 0 Å². The minimum absolute atomic E-state index is 0.0176. The number of ether oxygens (including phenoxy) is 3. The third kappa shape index (κ3) is 6.78. The third-order valence-corrected chi connectivity index (χ3v) is 2.50. The Bertz CT molecular complexity index is 197. The first-order valence-corrected chi connectivity index (χ1v) is 6.11. The van der Waals surface area contributed by atoms with Crippen LogP contribution in [-0.4, -0.2) is 32.7 Å². The van der Waals surface area contributed by atoms with Crippen molar-refractivity contribution in [3.05, 3.63) is 0 Å². The molecule has 1 unspecified atom stereocenters. The van der Waals surface area contributed by atoms with Crippen LogP contribution in [0, 0.1) is 11.3 Å². The average Bonchev–Trinajstić information content (AvgIpc) is 2.34. The molecule has 1 fully saturated rings. The van der Waals surface area contributed by atoms with Crippen LogP contribution in [-0.2, 0) is 14.2 Å². The Balaban J connectivity index is 1.79. The van der Waals surface area contributed by atoms with Crippen molar-refractivity contribution in [3.63, 3.8) is 0 Å². The van der Waals surface area contributed by atoms with Crippen molar-refractivity contribution in [3.8, 4) is 6.07 Å². The summed E-state index contributed by atoms with van der Waals surface area (Å²) in [6.45, 7) is 2.76. The predicted octanol–water partition coefficient (Wildman–Crippen LogP) is 2.24. The molecular weight excluding hydrogens is 206 g/mol. The van der Waals surface area contributed by atoms with E-state index in [1.54, 1.807) is 0 Å². The molecule has 1 atom stereocenters. The van der Waals surface area contributed by atoms with Gasteiger partial charge >= 0.3 is 0 Å². The summed E-state index contributed by atoms with van der Waals surface area (Å²) < 4.78 is 16.3. The Morgan fingerprint density at radius 1 is 1.19 bits per heavy atom. The fourth-order valence-electron chi connectivity index (χ4n) is 1.59. The van der Waals surface area contributed by atoms with Crippen molar-refractivity contribution >= 4 is 0 Å². The number of unbranched alkanes of at least 4 members (excludes halogenated alkanes) is 2. The Hall–Kier alpha value is -0.630. The normalized spacial score (nSPS) is 20.6. The van der Waals surface area contributed by atoms with Crippen molar-refractivity contribution < 1.29 is 14.2 Å². The van der Waals surface area contributed by atoms with Gasteiger partial charge in [0.1, 0.15) is 0 Å². The van der Waals surface area contributed by atoms with Crippen LogP contribution in [0.3, 0.4) is 0 Å². The van der Waals surface area contributed by atoms with Crippen molar-refractivity contribution in [1.82, 2.24) is 0 Å². The minimum atomic E-state index is -0.0176. The quantitative estimate of drug-likeness (QED) is 0.597. The average molecular weight is 227 g/mol. The van der Waals surface area contributed by atoms with Crippen LogP contribution in [0.2, 0.25) is 0 Å². The Morgan fingerprint density at radius 2 is 2.12 bits per heavy atom. The summed E-state index contributed by atoms with van der Waals surface area (Å²) in [6, 6.07) is 2.12. The monoisotopic (exact) mass is 227 g/mol. The highest BCUT2D eigenvalue weighted by Crippen LogP contribution is 2.13. The lowest BCUT2D eigenvalue weighted by Crippen LogP contribution is -2.24. The number of rotatable bonds is 8. The molecule has 4 heteroatoms. The van der Waals surface area contributed by atoms with E-state index < -0.39 is 0 Å². The number of nitriles is 1. The number of nitrogens with zero attached hydrogens (tertiary/aromatic N) is 1. The summed E-state index contributed by atoms with van der Waals surface area (Å²) >= 11 is 0. The van der Waals surface area contributed by atoms with E-state index in [4.69, 9.17) is 19.5 Å². The molecule has 16 heavy (non-hydrogen) atoms. The summed E-state index contributed by atoms with van der Waals surface area (Å²) in [5.41, 5.74) is 0. The summed E-state index contributed by atoms with van der Waals surface area (Å²) in [7, 11) is 0. The lowest BCUT2D eigenvalue weighted by atomic mass is 10.2. The molecule has 1 rings (SSSR count). The molecule has 92 valence electrons. The summed E-state index contributed by atoms with van der Waals surface area (Å²) in [4.78, 5) is 0. The van der Waals surface area contributed by atoms with Crippen molar-refractivity contribution in [1.29, 1.82) is 5.26 Å². The fraction of sp³-hybridized carbons (Fsp3) is 0.917. The Kier molecular flexibility index (Phi) is 8.05. The van der Waals surface area contributed by atoms with E-state index in [2.05, 4.69) is 6.07 Å². The summed E-state index contributed by atoms with van der Waals surface area (Å²) in [5, 5.41) is 8.33. The molecule has 1 aliphatic heterocycles. The van der Waals surface area contributed by atoms with E-state index in [0.717, 1.165) is 38.9 Å². The van der Waals surface area contributed by atoms with Gasteiger partial charge < -0.3 is 14.2 Å². The van der Waals surface area contributed by atoms with E-state index in [0.29, 0.717) is 19.6 Å². The number of hydrogen-bond donors (Lipinski definition) is 0. The summed E-state index contributed by atoms with van der Waals surface area (Å²) in [6.07, 6.45) is 5.82. The highest BCUT2D eigenvalue weighted by atomic mass is 16.7. The van der Waals surface area contributed by atoms with Gasteiger partial charge in [0.25, 0.3) is 0 Å². The maximum Gasteiger partial charge on any atom is 0.157 e. The van der Waals surface area contributed by atoms with E-state index in [1.165, 1.54) is 6.42 Å². The van der Waals surface area contributed by atoms with Crippen LogP contribution < -0.4 is 0 Å². The van der Waals surface area contributed by atoms with Crippen LogP contribution >= 0.6 is 0 Å². The molecule has 1 aliphatic rings. The van der Waals surface area contributed by atoms with Crippen LogP contribution in [0.5, 0.6) is 0 Å². The van der Waals surface area contributed by atoms with E-state index in [1.807, 2.05) is 0 Å². The Labute approximate surface area is 97.5 Å². The highest BCUT2D eigenvalue weighted by Gasteiger charge is 2.13.